The SMILES string of the molecule is c1ccc(-c2ccc(-n3c4c(ccc5c4ccn5-c4ccccc4)c4ccc5c6ccccc6n(-c6ccccc6)c5c43)nc2)cc1. The van der Waals surface area contributed by atoms with Crippen LogP contribution in [-0.2, 0) is 0 Å². The molecule has 0 saturated heterocycles. The van der Waals surface area contributed by atoms with Gasteiger partial charge in [0.25, 0.3) is 0 Å². The second-order valence-corrected chi connectivity index (χ2v) is 12.1. The van der Waals surface area contributed by atoms with Crippen LogP contribution in [0.4, 0.5) is 0 Å². The first-order valence-electron chi connectivity index (χ1n) is 16.0. The summed E-state index contributed by atoms with van der Waals surface area (Å²) in [6.45, 7) is 0. The van der Waals surface area contributed by atoms with E-state index in [1.54, 1.807) is 0 Å². The van der Waals surface area contributed by atoms with Crippen molar-refractivity contribution in [1.82, 2.24) is 18.7 Å². The summed E-state index contributed by atoms with van der Waals surface area (Å²) in [5.74, 6) is 0.891. The van der Waals surface area contributed by atoms with Gasteiger partial charge in [0.1, 0.15) is 5.82 Å². The van der Waals surface area contributed by atoms with E-state index in [0.717, 1.165) is 44.9 Å². The van der Waals surface area contributed by atoms with Crippen molar-refractivity contribution < 1.29 is 0 Å². The van der Waals surface area contributed by atoms with Crippen LogP contribution in [-0.4, -0.2) is 18.7 Å². The van der Waals surface area contributed by atoms with E-state index in [0.29, 0.717) is 0 Å². The average molecular weight is 601 g/mol. The first-order chi connectivity index (χ1) is 23.3. The summed E-state index contributed by atoms with van der Waals surface area (Å²) in [5.41, 5.74) is 10.4. The Morgan fingerprint density at radius 3 is 1.72 bits per heavy atom. The molecule has 0 N–H and O–H groups in total. The van der Waals surface area contributed by atoms with Crippen molar-refractivity contribution in [3.8, 4) is 28.3 Å². The normalized spacial score (nSPS) is 11.8. The third-order valence-electron chi connectivity index (χ3n) is 9.52. The number of rotatable bonds is 4. The lowest BCUT2D eigenvalue weighted by molar-refractivity contribution is 1.08. The lowest BCUT2D eigenvalue weighted by Gasteiger charge is -2.13. The quantitative estimate of drug-likeness (QED) is 0.197. The summed E-state index contributed by atoms with van der Waals surface area (Å²) in [4.78, 5) is 5.18. The predicted molar refractivity (Wildman–Crippen MR) is 195 cm³/mol. The van der Waals surface area contributed by atoms with Crippen molar-refractivity contribution in [1.29, 1.82) is 0 Å². The highest BCUT2D eigenvalue weighted by atomic mass is 15.1. The van der Waals surface area contributed by atoms with Gasteiger partial charge < -0.3 is 9.13 Å². The largest absolute Gasteiger partial charge is 0.316 e. The van der Waals surface area contributed by atoms with E-state index < -0.39 is 0 Å². The molecular formula is C43H28N4. The second kappa shape index (κ2) is 10.1. The summed E-state index contributed by atoms with van der Waals surface area (Å²) in [6, 6.07) is 56.2. The lowest BCUT2D eigenvalue weighted by atomic mass is 10.1. The Kier molecular flexibility index (Phi) is 5.54. The van der Waals surface area contributed by atoms with Crippen molar-refractivity contribution in [2.75, 3.05) is 0 Å². The van der Waals surface area contributed by atoms with Crippen LogP contribution in [0.3, 0.4) is 0 Å². The van der Waals surface area contributed by atoms with E-state index in [2.05, 4.69) is 172 Å². The Balaban J connectivity index is 1.38. The monoisotopic (exact) mass is 600 g/mol. The van der Waals surface area contributed by atoms with Gasteiger partial charge in [0, 0.05) is 56.3 Å². The highest BCUT2D eigenvalue weighted by Crippen LogP contribution is 2.43. The number of aromatic nitrogens is 4. The maximum atomic E-state index is 5.18. The van der Waals surface area contributed by atoms with Gasteiger partial charge in [-0.15, -0.1) is 0 Å². The zero-order valence-corrected chi connectivity index (χ0v) is 25.5. The fourth-order valence-corrected chi connectivity index (χ4v) is 7.46. The van der Waals surface area contributed by atoms with E-state index in [1.807, 2.05) is 12.3 Å². The van der Waals surface area contributed by atoms with Crippen LogP contribution >= 0.6 is 0 Å². The minimum atomic E-state index is 0.891. The van der Waals surface area contributed by atoms with E-state index in [1.165, 1.54) is 38.0 Å². The Morgan fingerprint density at radius 2 is 0.979 bits per heavy atom. The number of benzene rings is 6. The van der Waals surface area contributed by atoms with Gasteiger partial charge in [-0.25, -0.2) is 4.98 Å². The molecule has 0 amide bonds. The zero-order chi connectivity index (χ0) is 30.9. The lowest BCUT2D eigenvalue weighted by Crippen LogP contribution is -2.01. The Bertz CT molecular complexity index is 2750. The first kappa shape index (κ1) is 25.9. The summed E-state index contributed by atoms with van der Waals surface area (Å²) < 4.78 is 7.10. The molecule has 4 heteroatoms. The molecule has 4 aromatic heterocycles. The topological polar surface area (TPSA) is 27.7 Å². The third kappa shape index (κ3) is 3.79. The molecule has 0 saturated carbocycles. The molecule has 10 rings (SSSR count). The summed E-state index contributed by atoms with van der Waals surface area (Å²) >= 11 is 0. The summed E-state index contributed by atoms with van der Waals surface area (Å²) in [6.07, 6.45) is 4.19. The van der Waals surface area contributed by atoms with Crippen LogP contribution in [0, 0.1) is 0 Å². The molecule has 0 unspecified atom stereocenters. The van der Waals surface area contributed by atoms with Crippen molar-refractivity contribution in [2.45, 2.75) is 0 Å². The Morgan fingerprint density at radius 1 is 0.362 bits per heavy atom. The van der Waals surface area contributed by atoms with E-state index in [4.69, 9.17) is 4.98 Å². The molecule has 4 heterocycles. The zero-order valence-electron chi connectivity index (χ0n) is 25.5. The fourth-order valence-electron chi connectivity index (χ4n) is 7.46. The van der Waals surface area contributed by atoms with E-state index in [-0.39, 0.29) is 0 Å². The number of hydrogen-bond acceptors (Lipinski definition) is 1. The molecule has 0 spiro atoms. The molecule has 220 valence electrons. The van der Waals surface area contributed by atoms with Crippen molar-refractivity contribution in [2.24, 2.45) is 0 Å². The van der Waals surface area contributed by atoms with Gasteiger partial charge in [-0.3, -0.25) is 4.57 Å². The molecule has 0 bridgehead atoms. The summed E-state index contributed by atoms with van der Waals surface area (Å²) in [7, 11) is 0. The predicted octanol–water partition coefficient (Wildman–Crippen LogP) is 10.9. The van der Waals surface area contributed by atoms with Gasteiger partial charge in [0.05, 0.1) is 27.6 Å². The maximum Gasteiger partial charge on any atom is 0.137 e. The molecule has 0 atom stereocenters. The molecule has 0 radical (unpaired) electrons. The number of pyridine rings is 1. The molecule has 10 aromatic rings. The van der Waals surface area contributed by atoms with Gasteiger partial charge in [-0.1, -0.05) is 103 Å². The van der Waals surface area contributed by atoms with Crippen LogP contribution < -0.4 is 0 Å². The number of para-hydroxylation sites is 3. The Hall–Kier alpha value is -6.39. The molecule has 6 aromatic carbocycles. The maximum absolute atomic E-state index is 5.18. The van der Waals surface area contributed by atoms with Crippen LogP contribution in [0.5, 0.6) is 0 Å². The first-order valence-corrected chi connectivity index (χ1v) is 16.0. The standard InChI is InChI=1S/C43H28N4/c1-4-12-29(13-5-1)30-20-25-40(44-28-30)47-41-35(23-24-38-37(41)26-27-45(38)31-14-6-2-7-15-31)36-22-21-34-33-18-10-11-19-39(33)46(42(34)43(36)47)32-16-8-3-9-17-32/h1-28H. The smallest absolute Gasteiger partial charge is 0.137 e. The van der Waals surface area contributed by atoms with Crippen LogP contribution in [0.15, 0.2) is 170 Å². The van der Waals surface area contributed by atoms with Crippen molar-refractivity contribution in [3.05, 3.63) is 170 Å². The molecule has 0 fully saturated rings. The minimum Gasteiger partial charge on any atom is -0.316 e. The molecule has 0 aliphatic carbocycles. The highest BCUT2D eigenvalue weighted by Gasteiger charge is 2.23. The number of fused-ring (bicyclic) bond motifs is 9. The molecule has 4 nitrogen and oxygen atoms in total. The van der Waals surface area contributed by atoms with Gasteiger partial charge in [-0.2, -0.15) is 0 Å². The Labute approximate surface area is 271 Å². The number of hydrogen-bond donors (Lipinski definition) is 0. The number of nitrogens with zero attached hydrogens (tertiary/aromatic N) is 4. The molecule has 47 heavy (non-hydrogen) atoms. The second-order valence-electron chi connectivity index (χ2n) is 12.1. The molecule has 0 aliphatic rings. The fraction of sp³-hybridized carbons (Fsp3) is 0. The van der Waals surface area contributed by atoms with Gasteiger partial charge in [-0.05, 0) is 60.2 Å². The van der Waals surface area contributed by atoms with E-state index in [9.17, 15) is 0 Å². The van der Waals surface area contributed by atoms with Crippen LogP contribution in [0.1, 0.15) is 0 Å². The highest BCUT2D eigenvalue weighted by molar-refractivity contribution is 6.26. The van der Waals surface area contributed by atoms with Gasteiger partial charge in [0.2, 0.25) is 0 Å². The van der Waals surface area contributed by atoms with E-state index >= 15 is 0 Å². The minimum absolute atomic E-state index is 0.891. The van der Waals surface area contributed by atoms with Gasteiger partial charge >= 0.3 is 0 Å². The van der Waals surface area contributed by atoms with Gasteiger partial charge in [0.15, 0.2) is 0 Å². The average Bonchev–Trinajstić information content (AvgIpc) is 3.83. The molecular weight excluding hydrogens is 573 g/mol. The molecule has 0 aliphatic heterocycles. The van der Waals surface area contributed by atoms with Crippen LogP contribution in [0.25, 0.3) is 82.8 Å². The summed E-state index contributed by atoms with van der Waals surface area (Å²) in [5, 5.41) is 6.06. The van der Waals surface area contributed by atoms with Crippen molar-refractivity contribution in [3.63, 3.8) is 0 Å². The van der Waals surface area contributed by atoms with Crippen LogP contribution in [0.2, 0.25) is 0 Å². The van der Waals surface area contributed by atoms with Crippen molar-refractivity contribution >= 4 is 54.5 Å². The third-order valence-corrected chi connectivity index (χ3v) is 9.52.